The number of likely N-dealkylation sites (N-methyl/N-ethyl adjacent to an activating group) is 1. The van der Waals surface area contributed by atoms with Gasteiger partial charge in [0, 0.05) is 44.0 Å². The van der Waals surface area contributed by atoms with Crippen LogP contribution in [-0.4, -0.2) is 53.3 Å². The third-order valence-corrected chi connectivity index (χ3v) is 5.87. The molecule has 2 aromatic rings. The van der Waals surface area contributed by atoms with Crippen LogP contribution in [0.3, 0.4) is 0 Å². The van der Waals surface area contributed by atoms with Gasteiger partial charge in [-0.2, -0.15) is 0 Å². The molecule has 2 aliphatic rings. The first-order valence-corrected chi connectivity index (χ1v) is 9.81. The van der Waals surface area contributed by atoms with Crippen LogP contribution in [0.2, 0.25) is 0 Å². The second-order valence-electron chi connectivity index (χ2n) is 7.55. The van der Waals surface area contributed by atoms with Crippen LogP contribution < -0.4 is 10.3 Å². The largest absolute Gasteiger partial charge is 0.477 e. The minimum atomic E-state index is -1.41. The molecule has 1 saturated carbocycles. The highest BCUT2D eigenvalue weighted by Gasteiger charge is 2.33. The van der Waals surface area contributed by atoms with Gasteiger partial charge in [-0.1, -0.05) is 19.6 Å². The third kappa shape index (κ3) is 3.11. The lowest BCUT2D eigenvalue weighted by atomic mass is 10.0. The number of piperazine rings is 1. The van der Waals surface area contributed by atoms with E-state index in [1.165, 1.54) is 16.8 Å². The smallest absolute Gasteiger partial charge is 0.341 e. The number of aromatic carboxylic acids is 1. The molecule has 0 amide bonds. The van der Waals surface area contributed by atoms with Gasteiger partial charge in [-0.15, -0.1) is 0 Å². The van der Waals surface area contributed by atoms with Crippen molar-refractivity contribution >= 4 is 28.6 Å². The van der Waals surface area contributed by atoms with Crippen LogP contribution in [0.5, 0.6) is 0 Å². The van der Waals surface area contributed by atoms with Crippen LogP contribution >= 0.6 is 0 Å². The van der Waals surface area contributed by atoms with Crippen molar-refractivity contribution in [3.63, 3.8) is 0 Å². The van der Waals surface area contributed by atoms with Crippen LogP contribution in [0.15, 0.2) is 17.6 Å². The third-order valence-electron chi connectivity index (χ3n) is 5.87. The quantitative estimate of drug-likeness (QED) is 0.831. The predicted octanol–water partition coefficient (Wildman–Crippen LogP) is 3.10. The van der Waals surface area contributed by atoms with Crippen LogP contribution in [0.25, 0.3) is 17.0 Å². The van der Waals surface area contributed by atoms with E-state index in [0.29, 0.717) is 26.2 Å². The lowest BCUT2D eigenvalue weighted by molar-refractivity contribution is 0.0695. The Morgan fingerprint density at radius 1 is 1.24 bits per heavy atom. The Morgan fingerprint density at radius 3 is 2.41 bits per heavy atom. The maximum absolute atomic E-state index is 15.7. The summed E-state index contributed by atoms with van der Waals surface area (Å²) in [6.45, 7) is 8.81. The average molecular weight is 403 g/mol. The van der Waals surface area contributed by atoms with Gasteiger partial charge in [0.05, 0.1) is 10.9 Å². The van der Waals surface area contributed by atoms with E-state index in [1.54, 1.807) is 4.90 Å². The van der Waals surface area contributed by atoms with E-state index in [1.807, 2.05) is 6.92 Å². The summed E-state index contributed by atoms with van der Waals surface area (Å²) in [5.74, 6) is -3.09. The van der Waals surface area contributed by atoms with E-state index < -0.39 is 28.6 Å². The number of hydrogen-bond donors (Lipinski definition) is 1. The highest BCUT2D eigenvalue weighted by molar-refractivity contribution is 5.98. The minimum Gasteiger partial charge on any atom is -0.477 e. The first kappa shape index (κ1) is 19.6. The van der Waals surface area contributed by atoms with Crippen LogP contribution in [0.4, 0.5) is 14.5 Å². The molecule has 0 radical (unpaired) electrons. The molecule has 6 nitrogen and oxygen atoms in total. The molecule has 2 fully saturated rings. The summed E-state index contributed by atoms with van der Waals surface area (Å²) in [6.07, 6.45) is 3.87. The molecule has 1 aromatic carbocycles. The number of aromatic nitrogens is 1. The molecule has 0 unspecified atom stereocenters. The maximum Gasteiger partial charge on any atom is 0.341 e. The molecule has 2 heterocycles. The van der Waals surface area contributed by atoms with Gasteiger partial charge < -0.3 is 19.5 Å². The van der Waals surface area contributed by atoms with Crippen molar-refractivity contribution in [1.82, 2.24) is 9.47 Å². The fourth-order valence-corrected chi connectivity index (χ4v) is 4.10. The number of nitrogens with zero attached hydrogens (tertiary/aromatic N) is 3. The van der Waals surface area contributed by atoms with Gasteiger partial charge >= 0.3 is 5.97 Å². The van der Waals surface area contributed by atoms with E-state index in [4.69, 9.17) is 0 Å². The van der Waals surface area contributed by atoms with Gasteiger partial charge in [0.15, 0.2) is 11.6 Å². The Morgan fingerprint density at radius 2 is 1.90 bits per heavy atom. The van der Waals surface area contributed by atoms with Gasteiger partial charge in [0.1, 0.15) is 11.3 Å². The van der Waals surface area contributed by atoms with Crippen molar-refractivity contribution in [2.45, 2.75) is 25.8 Å². The minimum absolute atomic E-state index is 0.0354. The van der Waals surface area contributed by atoms with Crippen LogP contribution in [0.1, 0.15) is 41.7 Å². The molecule has 0 spiro atoms. The summed E-state index contributed by atoms with van der Waals surface area (Å²) in [5.41, 5.74) is -1.72. The predicted molar refractivity (Wildman–Crippen MR) is 108 cm³/mol. The zero-order valence-electron chi connectivity index (χ0n) is 16.3. The zero-order chi connectivity index (χ0) is 20.9. The average Bonchev–Trinajstić information content (AvgIpc) is 3.54. The van der Waals surface area contributed by atoms with Gasteiger partial charge in [-0.05, 0) is 19.4 Å². The summed E-state index contributed by atoms with van der Waals surface area (Å²) in [4.78, 5) is 28.2. The SMILES string of the molecule is C=Cc1c(F)c(N2CCN(CC)CC2)c(F)c2c1c(=O)c(C(=O)O)cn2C1CC1. The van der Waals surface area contributed by atoms with Crippen molar-refractivity contribution in [2.75, 3.05) is 37.6 Å². The number of pyridine rings is 1. The van der Waals surface area contributed by atoms with Crippen LogP contribution in [-0.2, 0) is 0 Å². The fourth-order valence-electron chi connectivity index (χ4n) is 4.10. The van der Waals surface area contributed by atoms with Crippen molar-refractivity contribution in [3.8, 4) is 0 Å². The van der Waals surface area contributed by atoms with E-state index >= 15 is 8.78 Å². The first-order chi connectivity index (χ1) is 13.9. The van der Waals surface area contributed by atoms with E-state index in [2.05, 4.69) is 11.5 Å². The molecule has 1 aliphatic carbocycles. The lowest BCUT2D eigenvalue weighted by Crippen LogP contribution is -2.47. The molecule has 0 bridgehead atoms. The molecule has 0 atom stereocenters. The molecule has 8 heteroatoms. The Labute approximate surface area is 166 Å². The Hall–Kier alpha value is -2.74. The molecule has 1 aliphatic heterocycles. The van der Waals surface area contributed by atoms with E-state index in [9.17, 15) is 14.7 Å². The Bertz CT molecular complexity index is 1070. The molecule has 1 N–H and O–H groups in total. The summed E-state index contributed by atoms with van der Waals surface area (Å²) in [5, 5.41) is 9.17. The normalized spacial score (nSPS) is 17.7. The Kier molecular flexibility index (Phi) is 4.90. The monoisotopic (exact) mass is 403 g/mol. The summed E-state index contributed by atoms with van der Waals surface area (Å²) in [6, 6.07) is -0.0985. The first-order valence-electron chi connectivity index (χ1n) is 9.81. The van der Waals surface area contributed by atoms with Crippen molar-refractivity contribution in [2.24, 2.45) is 0 Å². The molecule has 154 valence electrons. The number of hydrogen-bond acceptors (Lipinski definition) is 4. The number of anilines is 1. The van der Waals surface area contributed by atoms with Gasteiger partial charge in [0.2, 0.25) is 5.43 Å². The summed E-state index contributed by atoms with van der Waals surface area (Å²) >= 11 is 0. The summed E-state index contributed by atoms with van der Waals surface area (Å²) in [7, 11) is 0. The number of fused-ring (bicyclic) bond motifs is 1. The second-order valence-corrected chi connectivity index (χ2v) is 7.55. The van der Waals surface area contributed by atoms with Crippen LogP contribution in [0, 0.1) is 11.6 Å². The number of benzene rings is 1. The number of rotatable bonds is 5. The van der Waals surface area contributed by atoms with E-state index in [0.717, 1.165) is 19.4 Å². The summed E-state index contributed by atoms with van der Waals surface area (Å²) < 4.78 is 32.7. The van der Waals surface area contributed by atoms with Gasteiger partial charge in [-0.25, -0.2) is 13.6 Å². The topological polar surface area (TPSA) is 65.8 Å². The number of carbonyl (C=O) groups is 1. The lowest BCUT2D eigenvalue weighted by Gasteiger charge is -2.36. The highest BCUT2D eigenvalue weighted by Crippen LogP contribution is 2.41. The fraction of sp³-hybridized carbons (Fsp3) is 0.429. The van der Waals surface area contributed by atoms with Crippen molar-refractivity contribution < 1.29 is 18.7 Å². The highest BCUT2D eigenvalue weighted by atomic mass is 19.1. The molecule has 1 aromatic heterocycles. The Balaban J connectivity index is 2.02. The van der Waals surface area contributed by atoms with Gasteiger partial charge in [0.25, 0.3) is 0 Å². The standard InChI is InChI=1S/C21H23F2N3O3/c1-3-13-15-18(26(12-5-6-12)11-14(20(15)27)21(28)29)17(23)19(16(13)22)25-9-7-24(4-2)8-10-25/h3,11-12H,1,4-10H2,2H3,(H,28,29). The molecule has 29 heavy (non-hydrogen) atoms. The van der Waals surface area contributed by atoms with E-state index in [-0.39, 0.29) is 28.2 Å². The second kappa shape index (κ2) is 7.26. The van der Waals surface area contributed by atoms with Crippen molar-refractivity contribution in [3.05, 3.63) is 45.8 Å². The number of carboxylic acids is 1. The number of halogens is 2. The molecule has 1 saturated heterocycles. The van der Waals surface area contributed by atoms with Crippen molar-refractivity contribution in [1.29, 1.82) is 0 Å². The molecular formula is C21H23F2N3O3. The molecular weight excluding hydrogens is 380 g/mol. The van der Waals surface area contributed by atoms with Gasteiger partial charge in [-0.3, -0.25) is 4.79 Å². The zero-order valence-corrected chi connectivity index (χ0v) is 16.3. The molecule has 4 rings (SSSR count). The maximum atomic E-state index is 15.7. The number of carboxylic acid groups (broad SMARTS) is 1.